The summed E-state index contributed by atoms with van der Waals surface area (Å²) in [7, 11) is 0. The zero-order valence-corrected chi connectivity index (χ0v) is 20.2. The Morgan fingerprint density at radius 2 is 2.03 bits per heavy atom. The summed E-state index contributed by atoms with van der Waals surface area (Å²) in [6.45, 7) is 7.51. The Morgan fingerprint density at radius 1 is 1.25 bits per heavy atom. The van der Waals surface area contributed by atoms with Gasteiger partial charge in [-0.15, -0.1) is 0 Å². The zero-order chi connectivity index (χ0) is 25.4. The first-order valence-electron chi connectivity index (χ1n) is 11.8. The summed E-state index contributed by atoms with van der Waals surface area (Å²) in [5, 5.41) is 4.39. The number of carbonyl (C=O) groups is 1. The van der Waals surface area contributed by atoms with Crippen LogP contribution in [0.15, 0.2) is 53.8 Å². The van der Waals surface area contributed by atoms with Crippen molar-refractivity contribution < 1.29 is 23.7 Å². The Hall–Kier alpha value is -3.38. The smallest absolute Gasteiger partial charge is 0.323 e. The fourth-order valence-electron chi connectivity index (χ4n) is 4.80. The summed E-state index contributed by atoms with van der Waals surface area (Å²) in [5.74, 6) is -0.243. The minimum absolute atomic E-state index is 0.0649. The summed E-state index contributed by atoms with van der Waals surface area (Å²) in [4.78, 5) is 20.8. The fourth-order valence-corrected chi connectivity index (χ4v) is 4.80. The molecule has 1 unspecified atom stereocenters. The number of nitrogens with zero attached hydrogens (tertiary/aromatic N) is 4. The molecule has 0 bridgehead atoms. The van der Waals surface area contributed by atoms with Crippen molar-refractivity contribution in [2.45, 2.75) is 50.1 Å². The van der Waals surface area contributed by atoms with Crippen LogP contribution < -0.4 is 11.5 Å². The van der Waals surface area contributed by atoms with Crippen molar-refractivity contribution in [3.05, 3.63) is 60.0 Å². The maximum absolute atomic E-state index is 12.5. The molecule has 4 N–H and O–H groups in total. The van der Waals surface area contributed by atoms with E-state index in [1.54, 1.807) is 4.52 Å². The van der Waals surface area contributed by atoms with Gasteiger partial charge in [0.2, 0.25) is 0 Å². The predicted molar refractivity (Wildman–Crippen MR) is 131 cm³/mol. The van der Waals surface area contributed by atoms with Gasteiger partial charge < -0.3 is 30.4 Å². The Bertz CT molecular complexity index is 1250. The summed E-state index contributed by atoms with van der Waals surface area (Å²) < 4.78 is 26.7. The van der Waals surface area contributed by atoms with Crippen molar-refractivity contribution in [3.8, 4) is 0 Å². The Balaban J connectivity index is 1.53. The zero-order valence-electron chi connectivity index (χ0n) is 20.2. The number of ether oxygens (including phenoxy) is 4. The molecule has 6 atom stereocenters. The van der Waals surface area contributed by atoms with E-state index in [1.807, 2.05) is 56.3 Å². The molecule has 2 aliphatic heterocycles. The average molecular weight is 495 g/mol. The Morgan fingerprint density at radius 3 is 2.75 bits per heavy atom. The topological polar surface area (TPSA) is 149 Å². The van der Waals surface area contributed by atoms with Gasteiger partial charge in [0.25, 0.3) is 0 Å². The molecule has 0 radical (unpaired) electrons. The molecule has 5 rings (SSSR count). The van der Waals surface area contributed by atoms with Crippen LogP contribution >= 0.6 is 0 Å². The quantitative estimate of drug-likeness (QED) is 0.352. The number of fused-ring (bicyclic) bond motifs is 2. The van der Waals surface area contributed by atoms with Crippen molar-refractivity contribution >= 4 is 24.0 Å². The van der Waals surface area contributed by atoms with Crippen molar-refractivity contribution in [2.75, 3.05) is 18.9 Å². The number of esters is 1. The molecule has 11 nitrogen and oxygen atoms in total. The summed E-state index contributed by atoms with van der Waals surface area (Å²) in [6, 6.07) is 12.5. The number of benzene rings is 1. The maximum Gasteiger partial charge on any atom is 0.323 e. The van der Waals surface area contributed by atoms with E-state index in [9.17, 15) is 4.79 Å². The fraction of sp³-hybridized carbons (Fsp3) is 0.440. The highest BCUT2D eigenvalue weighted by molar-refractivity contribution is 5.75. The molecule has 2 aliphatic rings. The van der Waals surface area contributed by atoms with Crippen molar-refractivity contribution in [1.82, 2.24) is 14.6 Å². The largest absolute Gasteiger partial charge is 0.462 e. The van der Waals surface area contributed by atoms with Gasteiger partial charge in [0.05, 0.1) is 12.2 Å². The third kappa shape index (κ3) is 4.03. The van der Waals surface area contributed by atoms with Gasteiger partial charge in [-0.1, -0.05) is 44.2 Å². The molecule has 190 valence electrons. The molecule has 36 heavy (non-hydrogen) atoms. The molecule has 0 saturated carbocycles. The molecule has 2 aromatic heterocycles. The van der Waals surface area contributed by atoms with Gasteiger partial charge in [-0.05, 0) is 24.8 Å². The second-order valence-electron chi connectivity index (χ2n) is 9.39. The van der Waals surface area contributed by atoms with E-state index < -0.39 is 42.2 Å². The van der Waals surface area contributed by atoms with Gasteiger partial charge in [0, 0.05) is 5.56 Å². The van der Waals surface area contributed by atoms with Crippen LogP contribution in [0, 0.1) is 5.92 Å². The van der Waals surface area contributed by atoms with Crippen LogP contribution in [0.5, 0.6) is 0 Å². The molecule has 2 fully saturated rings. The van der Waals surface area contributed by atoms with Crippen LogP contribution in [0.1, 0.15) is 31.4 Å². The van der Waals surface area contributed by atoms with Crippen LogP contribution in [0.3, 0.4) is 0 Å². The standard InChI is InChI=1S/C25H30N6O5/c1-14(2)19(26)23(32)33-11-17-20-21(35-24(34-20)15-7-5-4-6-8-15)25(36-17,12-28-3)18-10-9-16-22(27)29-13-30-31(16)18/h4-10,13-14,17,19-21,24H,3,11-12,26H2,1-2H3,(H2,27,29,30)/t17-,19+,20-,21-,24?,25+/m1/s1. The molecule has 3 aromatic rings. The van der Waals surface area contributed by atoms with Crippen molar-refractivity contribution in [3.63, 3.8) is 0 Å². The van der Waals surface area contributed by atoms with Gasteiger partial charge in [-0.2, -0.15) is 5.10 Å². The number of rotatable bonds is 8. The SMILES string of the molecule is C=NC[C@@]1(c2ccc3c(N)ncnn23)O[C@H](COC(=O)[C@@H](N)C(C)C)[C@H]2OC(c3ccccc3)O[C@H]21. The van der Waals surface area contributed by atoms with Gasteiger partial charge in [-0.3, -0.25) is 9.79 Å². The lowest BCUT2D eigenvalue weighted by Gasteiger charge is -2.32. The number of aliphatic imine (C=N–C) groups is 1. The van der Waals surface area contributed by atoms with E-state index in [2.05, 4.69) is 21.8 Å². The molecule has 0 spiro atoms. The summed E-state index contributed by atoms with van der Waals surface area (Å²) in [6.07, 6.45) is -1.09. The molecule has 1 aromatic carbocycles. The molecule has 11 heteroatoms. The molecule has 0 amide bonds. The molecular weight excluding hydrogens is 464 g/mol. The van der Waals surface area contributed by atoms with E-state index >= 15 is 0 Å². The number of nitrogen functional groups attached to an aromatic ring is 1. The lowest BCUT2D eigenvalue weighted by Crippen LogP contribution is -2.43. The van der Waals surface area contributed by atoms with Crippen LogP contribution in [-0.4, -0.2) is 64.8 Å². The Labute approximate surface area is 208 Å². The highest BCUT2D eigenvalue weighted by atomic mass is 16.8. The van der Waals surface area contributed by atoms with Crippen molar-refractivity contribution in [2.24, 2.45) is 16.6 Å². The number of hydrogen-bond acceptors (Lipinski definition) is 10. The normalized spacial score (nSPS) is 28.3. The number of hydrogen-bond donors (Lipinski definition) is 2. The first-order valence-corrected chi connectivity index (χ1v) is 11.8. The monoisotopic (exact) mass is 494 g/mol. The second-order valence-corrected chi connectivity index (χ2v) is 9.39. The third-order valence-electron chi connectivity index (χ3n) is 6.75. The number of nitrogens with two attached hydrogens (primary N) is 2. The number of anilines is 1. The first-order chi connectivity index (χ1) is 17.4. The highest BCUT2D eigenvalue weighted by Gasteiger charge is 2.63. The molecule has 2 saturated heterocycles. The number of carbonyl (C=O) groups excluding carboxylic acids is 1. The van der Waals surface area contributed by atoms with Gasteiger partial charge >= 0.3 is 5.97 Å². The van der Waals surface area contributed by atoms with Crippen LogP contribution in [-0.2, 0) is 29.3 Å². The maximum atomic E-state index is 12.5. The van der Waals surface area contributed by atoms with E-state index in [4.69, 9.17) is 30.4 Å². The number of aromatic nitrogens is 3. The van der Waals surface area contributed by atoms with Gasteiger partial charge in [0.15, 0.2) is 17.7 Å². The minimum Gasteiger partial charge on any atom is -0.462 e. The minimum atomic E-state index is -1.14. The van der Waals surface area contributed by atoms with Crippen molar-refractivity contribution in [1.29, 1.82) is 0 Å². The second kappa shape index (κ2) is 9.58. The molecule has 0 aliphatic carbocycles. The van der Waals surface area contributed by atoms with E-state index in [0.717, 1.165) is 5.56 Å². The molecular formula is C25H30N6O5. The molecule has 4 heterocycles. The summed E-state index contributed by atoms with van der Waals surface area (Å²) >= 11 is 0. The van der Waals surface area contributed by atoms with Gasteiger partial charge in [0.1, 0.15) is 42.8 Å². The van der Waals surface area contributed by atoms with Crippen LogP contribution in [0.4, 0.5) is 5.82 Å². The lowest BCUT2D eigenvalue weighted by atomic mass is 9.91. The van der Waals surface area contributed by atoms with Crippen LogP contribution in [0.25, 0.3) is 5.52 Å². The van der Waals surface area contributed by atoms with E-state index in [0.29, 0.717) is 17.0 Å². The highest BCUT2D eigenvalue weighted by Crippen LogP contribution is 2.50. The third-order valence-corrected chi connectivity index (χ3v) is 6.75. The average Bonchev–Trinajstić information content (AvgIpc) is 3.58. The van der Waals surface area contributed by atoms with Crippen LogP contribution in [0.2, 0.25) is 0 Å². The van der Waals surface area contributed by atoms with E-state index in [-0.39, 0.29) is 19.1 Å². The Kier molecular flexibility index (Phi) is 6.47. The summed E-state index contributed by atoms with van der Waals surface area (Å²) in [5.41, 5.74) is 13.0. The lowest BCUT2D eigenvalue weighted by molar-refractivity contribution is -0.182. The van der Waals surface area contributed by atoms with E-state index in [1.165, 1.54) is 6.33 Å². The first kappa shape index (κ1) is 24.3. The predicted octanol–water partition coefficient (Wildman–Crippen LogP) is 1.62. The van der Waals surface area contributed by atoms with Gasteiger partial charge in [-0.25, -0.2) is 9.50 Å².